The van der Waals surface area contributed by atoms with Gasteiger partial charge in [0.25, 0.3) is 5.09 Å². The van der Waals surface area contributed by atoms with Crippen LogP contribution < -0.4 is 14.8 Å². The number of unbranched alkanes of at least 4 members (excludes halogenated alkanes) is 1. The molecule has 0 radical (unpaired) electrons. The molecule has 0 spiro atoms. The number of nitrogens with one attached hydrogen (secondary N) is 1. The number of nitrogens with zero attached hydrogens (tertiary/aromatic N) is 1. The number of rotatable bonds is 17. The molecule has 2 N–H and O–H groups in total. The average Bonchev–Trinajstić information content (AvgIpc) is 2.78. The Hall–Kier alpha value is -3.57. The minimum absolute atomic E-state index is 0.0440. The lowest BCUT2D eigenvalue weighted by Gasteiger charge is -2.18. The number of carboxylic acids is 1. The highest BCUT2D eigenvalue weighted by Crippen LogP contribution is 2.28. The number of aryl methyl sites for hydroxylation is 1. The maximum Gasteiger partial charge on any atom is 0.412 e. The van der Waals surface area contributed by atoms with Gasteiger partial charge in [-0.2, -0.15) is 0 Å². The van der Waals surface area contributed by atoms with Crippen molar-refractivity contribution >= 4 is 18.0 Å². The maximum absolute atomic E-state index is 12.2. The number of methoxy groups -OCH3 is 1. The van der Waals surface area contributed by atoms with E-state index in [0.717, 1.165) is 5.56 Å². The topological polar surface area (TPSA) is 164 Å². The smallest absolute Gasteiger partial charge is 0.412 e. The Morgan fingerprint density at radius 2 is 1.86 bits per heavy atom. The molecular weight excluding hydrogens is 464 g/mol. The van der Waals surface area contributed by atoms with Crippen LogP contribution in [0.3, 0.4) is 0 Å². The monoisotopic (exact) mass is 498 g/mol. The zero-order valence-electron chi connectivity index (χ0n) is 20.3. The second kappa shape index (κ2) is 16.1. The highest BCUT2D eigenvalue weighted by atomic mass is 16.9. The van der Waals surface area contributed by atoms with E-state index in [2.05, 4.69) is 10.2 Å². The number of ether oxygens (including phenoxy) is 3. The fraction of sp³-hybridized carbons (Fsp3) is 0.609. The van der Waals surface area contributed by atoms with Crippen molar-refractivity contribution in [2.45, 2.75) is 52.4 Å². The molecule has 0 heterocycles. The van der Waals surface area contributed by atoms with E-state index in [0.29, 0.717) is 31.4 Å². The first-order valence-corrected chi connectivity index (χ1v) is 11.4. The molecule has 0 aromatic heterocycles. The van der Waals surface area contributed by atoms with Gasteiger partial charge in [0.15, 0.2) is 11.5 Å². The Labute approximate surface area is 204 Å². The molecule has 1 atom stereocenters. The molecule has 12 nitrogen and oxygen atoms in total. The number of carbonyl (C=O) groups is 3. The third kappa shape index (κ3) is 13.7. The summed E-state index contributed by atoms with van der Waals surface area (Å²) in [5.74, 6) is -0.755. The Morgan fingerprint density at radius 1 is 1.14 bits per heavy atom. The summed E-state index contributed by atoms with van der Waals surface area (Å²) in [6, 6.07) is 4.90. The van der Waals surface area contributed by atoms with E-state index in [-0.39, 0.29) is 50.2 Å². The van der Waals surface area contributed by atoms with E-state index in [9.17, 15) is 24.5 Å². The summed E-state index contributed by atoms with van der Waals surface area (Å²) in [6.45, 7) is 4.25. The van der Waals surface area contributed by atoms with Gasteiger partial charge in [0.1, 0.15) is 0 Å². The van der Waals surface area contributed by atoms with Crippen LogP contribution in [0.15, 0.2) is 18.2 Å². The zero-order chi connectivity index (χ0) is 26.2. The number of aliphatic carboxylic acids is 1. The number of benzene rings is 1. The largest absolute Gasteiger partial charge is 0.493 e. The molecule has 1 rings (SSSR count). The summed E-state index contributed by atoms with van der Waals surface area (Å²) in [4.78, 5) is 49.3. The van der Waals surface area contributed by atoms with Gasteiger partial charge in [-0.1, -0.05) is 19.9 Å². The predicted molar refractivity (Wildman–Crippen MR) is 124 cm³/mol. The van der Waals surface area contributed by atoms with Crippen LogP contribution in [-0.4, -0.2) is 55.1 Å². The highest BCUT2D eigenvalue weighted by molar-refractivity contribution is 5.72. The van der Waals surface area contributed by atoms with Crippen molar-refractivity contribution < 1.29 is 43.6 Å². The Morgan fingerprint density at radius 3 is 2.49 bits per heavy atom. The number of amides is 1. The summed E-state index contributed by atoms with van der Waals surface area (Å²) in [5.41, 5.74) is 0.768. The van der Waals surface area contributed by atoms with Crippen molar-refractivity contribution in [2.24, 2.45) is 11.8 Å². The van der Waals surface area contributed by atoms with Crippen molar-refractivity contribution in [3.05, 3.63) is 33.9 Å². The van der Waals surface area contributed by atoms with Crippen LogP contribution in [0.4, 0.5) is 4.79 Å². The third-order valence-corrected chi connectivity index (χ3v) is 4.85. The van der Waals surface area contributed by atoms with Gasteiger partial charge in [-0.3, -0.25) is 9.59 Å². The van der Waals surface area contributed by atoms with Crippen molar-refractivity contribution in [1.82, 2.24) is 5.32 Å². The first kappa shape index (κ1) is 29.5. The second-order valence-corrected chi connectivity index (χ2v) is 8.33. The summed E-state index contributed by atoms with van der Waals surface area (Å²) >= 11 is 0. The minimum Gasteiger partial charge on any atom is -0.493 e. The van der Waals surface area contributed by atoms with E-state index < -0.39 is 23.1 Å². The fourth-order valence-corrected chi connectivity index (χ4v) is 3.32. The van der Waals surface area contributed by atoms with E-state index in [1.807, 2.05) is 13.8 Å². The van der Waals surface area contributed by atoms with Gasteiger partial charge < -0.3 is 29.5 Å². The molecule has 0 aliphatic carbocycles. The van der Waals surface area contributed by atoms with Crippen LogP contribution >= 0.6 is 0 Å². The molecular formula is C23H34N2O10. The second-order valence-electron chi connectivity index (χ2n) is 8.33. The molecule has 1 unspecified atom stereocenters. The van der Waals surface area contributed by atoms with Gasteiger partial charge in [0, 0.05) is 19.4 Å². The van der Waals surface area contributed by atoms with E-state index in [1.54, 1.807) is 18.2 Å². The summed E-state index contributed by atoms with van der Waals surface area (Å²) in [5, 5.41) is 20.8. The Balaban J connectivity index is 2.49. The number of esters is 1. The van der Waals surface area contributed by atoms with Crippen molar-refractivity contribution in [1.29, 1.82) is 0 Å². The van der Waals surface area contributed by atoms with Crippen molar-refractivity contribution in [3.63, 3.8) is 0 Å². The van der Waals surface area contributed by atoms with Crippen molar-refractivity contribution in [3.8, 4) is 11.5 Å². The lowest BCUT2D eigenvalue weighted by atomic mass is 9.94. The molecule has 0 aliphatic heterocycles. The molecule has 0 bridgehead atoms. The van der Waals surface area contributed by atoms with Gasteiger partial charge in [-0.05, 0) is 55.2 Å². The lowest BCUT2D eigenvalue weighted by molar-refractivity contribution is -0.757. The molecule has 0 aliphatic rings. The van der Waals surface area contributed by atoms with Gasteiger partial charge in [-0.25, -0.2) is 4.79 Å². The molecule has 0 fully saturated rings. The number of hydrogen-bond donors (Lipinski definition) is 2. The maximum atomic E-state index is 12.2. The van der Waals surface area contributed by atoms with Gasteiger partial charge in [0.05, 0.1) is 20.3 Å². The molecule has 12 heteroatoms. The molecule has 0 saturated heterocycles. The van der Waals surface area contributed by atoms with Crippen LogP contribution in [0, 0.1) is 22.0 Å². The number of carbonyl (C=O) groups excluding carboxylic acids is 2. The van der Waals surface area contributed by atoms with Gasteiger partial charge >= 0.3 is 18.0 Å². The van der Waals surface area contributed by atoms with Crippen LogP contribution in [-0.2, 0) is 25.6 Å². The molecule has 1 aromatic rings. The Kier molecular flexibility index (Phi) is 13.6. The summed E-state index contributed by atoms with van der Waals surface area (Å²) < 4.78 is 15.7. The van der Waals surface area contributed by atoms with Crippen LogP contribution in [0.5, 0.6) is 11.5 Å². The zero-order valence-corrected chi connectivity index (χ0v) is 20.3. The van der Waals surface area contributed by atoms with Crippen LogP contribution in [0.1, 0.15) is 51.5 Å². The van der Waals surface area contributed by atoms with Gasteiger partial charge in [-0.15, -0.1) is 10.1 Å². The first-order valence-electron chi connectivity index (χ1n) is 11.4. The Bertz CT molecular complexity index is 844. The van der Waals surface area contributed by atoms with Crippen molar-refractivity contribution in [2.75, 3.05) is 26.9 Å². The lowest BCUT2D eigenvalue weighted by Crippen LogP contribution is -2.33. The minimum atomic E-state index is -0.922. The molecule has 0 saturated carbocycles. The SMILES string of the molecule is COc1cc(CCC(=O)OCCCCO[N+](=O)[O-])ccc1OC(=O)NCC(CC(=O)O)CC(C)C. The fourth-order valence-electron chi connectivity index (χ4n) is 3.32. The molecule has 35 heavy (non-hydrogen) atoms. The third-order valence-electron chi connectivity index (χ3n) is 4.85. The van der Waals surface area contributed by atoms with E-state index >= 15 is 0 Å². The van der Waals surface area contributed by atoms with Crippen LogP contribution in [0.2, 0.25) is 0 Å². The first-order chi connectivity index (χ1) is 16.6. The molecule has 1 aromatic carbocycles. The summed E-state index contributed by atoms with van der Waals surface area (Å²) in [7, 11) is 1.42. The van der Waals surface area contributed by atoms with Crippen LogP contribution in [0.25, 0.3) is 0 Å². The average molecular weight is 499 g/mol. The van der Waals surface area contributed by atoms with E-state index in [4.69, 9.17) is 19.3 Å². The van der Waals surface area contributed by atoms with E-state index in [1.165, 1.54) is 7.11 Å². The van der Waals surface area contributed by atoms with Gasteiger partial charge in [0.2, 0.25) is 0 Å². The standard InChI is InChI=1S/C23H34N2O10/c1-16(2)12-18(14-21(26)27)15-24-23(29)35-19-8-6-17(13-20(19)32-3)7-9-22(28)33-10-4-5-11-34-25(30)31/h6,8,13,16,18H,4-5,7,9-12,14-15H2,1-3H3,(H,24,29)(H,26,27). The molecule has 196 valence electrons. The predicted octanol–water partition coefficient (Wildman–Crippen LogP) is 3.38. The number of hydrogen-bond acceptors (Lipinski definition) is 9. The quantitative estimate of drug-likeness (QED) is 0.141. The number of carboxylic acid groups (broad SMARTS) is 1. The highest BCUT2D eigenvalue weighted by Gasteiger charge is 2.18. The molecule has 1 amide bonds. The normalized spacial score (nSPS) is 11.4. The summed E-state index contributed by atoms with van der Waals surface area (Å²) in [6.07, 6.45) is 1.24.